The van der Waals surface area contributed by atoms with Crippen molar-refractivity contribution in [2.45, 2.75) is 0 Å². The molecule has 0 radical (unpaired) electrons. The van der Waals surface area contributed by atoms with Crippen LogP contribution in [0.1, 0.15) is 0 Å². The summed E-state index contributed by atoms with van der Waals surface area (Å²) in [7, 11) is 0.118. The van der Waals surface area contributed by atoms with Crippen molar-refractivity contribution in [3.63, 3.8) is 0 Å². The molecule has 5 heteroatoms. The van der Waals surface area contributed by atoms with Gasteiger partial charge in [-0.05, 0) is 4.93 Å². The second-order valence-corrected chi connectivity index (χ2v) is 2.17. The Morgan fingerprint density at radius 1 is 1.56 bits per heavy atom. The summed E-state index contributed by atoms with van der Waals surface area (Å²) in [5.74, 6) is -0.774. The first-order chi connectivity index (χ1) is 4.18. The fourth-order valence-corrected chi connectivity index (χ4v) is 0.785. The van der Waals surface area contributed by atoms with Crippen LogP contribution < -0.4 is 5.32 Å². The Bertz CT molecular complexity index is 201. The van der Waals surface area contributed by atoms with Crippen LogP contribution >= 0.6 is 11.6 Å². The smallest absolute Gasteiger partial charge is 0.282 e. The molecule has 0 unspecified atom stereocenters. The summed E-state index contributed by atoms with van der Waals surface area (Å²) in [6, 6.07) is 0. The summed E-state index contributed by atoms with van der Waals surface area (Å²) in [6.45, 7) is 0. The number of halogens is 1. The van der Waals surface area contributed by atoms with E-state index in [1.165, 1.54) is 6.08 Å². The molecule has 0 bridgehead atoms. The van der Waals surface area contributed by atoms with Gasteiger partial charge in [-0.1, -0.05) is 11.6 Å². The number of carbonyl (C=O) groups is 2. The highest BCUT2D eigenvalue weighted by atomic mass is 35.5. The van der Waals surface area contributed by atoms with Crippen LogP contribution in [0, 0.1) is 0 Å². The lowest BCUT2D eigenvalue weighted by molar-refractivity contribution is -0.115. The Kier molecular flexibility index (Phi) is 1.57. The van der Waals surface area contributed by atoms with Gasteiger partial charge in [0, 0.05) is 6.08 Å². The number of hydrogen-bond donors (Lipinski definition) is 1. The van der Waals surface area contributed by atoms with Gasteiger partial charge in [-0.25, -0.2) is 0 Å². The van der Waals surface area contributed by atoms with E-state index in [2.05, 4.69) is 5.32 Å². The van der Waals surface area contributed by atoms with Crippen LogP contribution in [0.2, 0.25) is 0 Å². The third kappa shape index (κ3) is 1.57. The minimum Gasteiger partial charge on any atom is -0.302 e. The Balaban J connectivity index is 2.79. The normalized spacial score (nSPS) is 18.1. The van der Waals surface area contributed by atoms with Crippen molar-refractivity contribution in [3.8, 4) is 0 Å². The summed E-state index contributed by atoms with van der Waals surface area (Å²) < 4.78 is 0. The number of hydrogen-bond acceptors (Lipinski definition) is 2. The molecule has 1 N–H and O–H groups in total. The number of amides is 2. The Morgan fingerprint density at radius 3 is 2.67 bits per heavy atom. The highest BCUT2D eigenvalue weighted by Gasteiger charge is 2.15. The first-order valence-electron chi connectivity index (χ1n) is 2.38. The van der Waals surface area contributed by atoms with Gasteiger partial charge in [0.15, 0.2) is 5.81 Å². The van der Waals surface area contributed by atoms with E-state index in [1.54, 1.807) is 0 Å². The predicted octanol–water partition coefficient (Wildman–Crippen LogP) is -0.247. The number of carbonyl (C=O) groups excluding carboxylic acids is 2. The van der Waals surface area contributed by atoms with Gasteiger partial charge in [0.25, 0.3) is 7.28 Å². The van der Waals surface area contributed by atoms with E-state index in [0.29, 0.717) is 4.93 Å². The van der Waals surface area contributed by atoms with Crippen LogP contribution in [0.4, 0.5) is 4.79 Å². The number of rotatable bonds is 0. The molecule has 0 saturated carbocycles. The lowest BCUT2D eigenvalue weighted by Gasteiger charge is -2.04. The van der Waals surface area contributed by atoms with Crippen molar-refractivity contribution >= 4 is 30.6 Å². The van der Waals surface area contributed by atoms with Crippen LogP contribution in [0.15, 0.2) is 11.0 Å². The fraction of sp³-hybridized carbons (Fsp3) is 0. The van der Waals surface area contributed by atoms with Gasteiger partial charge in [-0.15, -0.1) is 0 Å². The molecule has 46 valence electrons. The first kappa shape index (κ1) is 6.36. The maximum Gasteiger partial charge on any atom is 0.282 e. The summed E-state index contributed by atoms with van der Waals surface area (Å²) in [5, 5.41) is 2.07. The van der Waals surface area contributed by atoms with Gasteiger partial charge >= 0.3 is 0 Å². The quantitative estimate of drug-likeness (QED) is 0.475. The summed E-state index contributed by atoms with van der Waals surface area (Å²) in [6.07, 6.45) is 1.20. The second kappa shape index (κ2) is 2.23. The van der Waals surface area contributed by atoms with E-state index in [1.807, 2.05) is 0 Å². The molecule has 1 aliphatic heterocycles. The van der Waals surface area contributed by atoms with E-state index in [9.17, 15) is 9.59 Å². The molecule has 0 spiro atoms. The van der Waals surface area contributed by atoms with Crippen molar-refractivity contribution in [1.82, 2.24) is 5.32 Å². The topological polar surface area (TPSA) is 46.2 Å². The molecule has 9 heavy (non-hydrogen) atoms. The lowest BCUT2D eigenvalue weighted by Crippen LogP contribution is -2.36. The molecule has 0 aromatic carbocycles. The number of imide groups is 1. The predicted molar refractivity (Wildman–Crippen MR) is 34.6 cm³/mol. The van der Waals surface area contributed by atoms with E-state index < -0.39 is 5.91 Å². The maximum atomic E-state index is 10.4. The van der Waals surface area contributed by atoms with E-state index in [4.69, 9.17) is 11.6 Å². The van der Waals surface area contributed by atoms with Crippen molar-refractivity contribution in [2.24, 2.45) is 0 Å². The fourth-order valence-electron chi connectivity index (χ4n) is 0.564. The van der Waals surface area contributed by atoms with Crippen LogP contribution in [0.3, 0.4) is 0 Å². The van der Waals surface area contributed by atoms with Gasteiger partial charge in [-0.3, -0.25) is 9.59 Å². The minimum atomic E-state index is -0.434. The van der Waals surface area contributed by atoms with Gasteiger partial charge in [0.05, 0.1) is 0 Å². The molecular weight excluding hydrogens is 140 g/mol. The largest absolute Gasteiger partial charge is 0.302 e. The average Bonchev–Trinajstić information content (AvgIpc) is 1.59. The summed E-state index contributed by atoms with van der Waals surface area (Å²) >= 11 is 5.39. The molecule has 0 atom stereocenters. The Morgan fingerprint density at radius 2 is 2.22 bits per heavy atom. The zero-order valence-electron chi connectivity index (χ0n) is 4.48. The highest BCUT2D eigenvalue weighted by molar-refractivity contribution is 6.88. The van der Waals surface area contributed by atoms with Crippen LogP contribution in [-0.4, -0.2) is 19.0 Å². The molecule has 2 amide bonds. The summed E-state index contributed by atoms with van der Waals surface area (Å²) in [4.78, 5) is 21.1. The maximum absolute atomic E-state index is 10.4. The second-order valence-electron chi connectivity index (χ2n) is 1.68. The number of nitrogens with one attached hydrogen (secondary N) is 1. The van der Waals surface area contributed by atoms with Crippen molar-refractivity contribution in [1.29, 1.82) is 0 Å². The molecule has 1 heterocycles. The molecule has 0 aromatic heterocycles. The monoisotopic (exact) mass is 143 g/mol. The van der Waals surface area contributed by atoms with Crippen molar-refractivity contribution in [3.05, 3.63) is 11.0 Å². The molecule has 3 nitrogen and oxygen atoms in total. The zero-order valence-corrected chi connectivity index (χ0v) is 5.23. The van der Waals surface area contributed by atoms with Crippen LogP contribution in [-0.2, 0) is 4.79 Å². The molecule has 0 saturated heterocycles. The van der Waals surface area contributed by atoms with Crippen LogP contribution in [0.25, 0.3) is 0 Å². The summed E-state index contributed by atoms with van der Waals surface area (Å²) in [5.41, 5.74) is 0. The van der Waals surface area contributed by atoms with E-state index in [-0.39, 0.29) is 13.1 Å². The molecule has 0 fully saturated rings. The molecule has 0 aliphatic carbocycles. The molecule has 1 aliphatic rings. The standard InChI is InChI=1S/C4H3BClNO2/c6-2-1-3(8)7-4(9)5-2/h1,5H,(H,7,8,9). The average molecular weight is 143 g/mol. The van der Waals surface area contributed by atoms with E-state index >= 15 is 0 Å². The SMILES string of the molecule is O=C1BC(Cl)=CC(=O)N1. The van der Waals surface area contributed by atoms with Gasteiger partial charge in [-0.2, -0.15) is 0 Å². The third-order valence-corrected chi connectivity index (χ3v) is 1.12. The van der Waals surface area contributed by atoms with Crippen molar-refractivity contribution in [2.75, 3.05) is 0 Å². The van der Waals surface area contributed by atoms with E-state index in [0.717, 1.165) is 0 Å². The van der Waals surface area contributed by atoms with Crippen molar-refractivity contribution < 1.29 is 9.59 Å². The third-order valence-electron chi connectivity index (χ3n) is 0.880. The molecule has 0 aromatic rings. The Hall–Kier alpha value is -0.765. The first-order valence-corrected chi connectivity index (χ1v) is 2.76. The highest BCUT2D eigenvalue weighted by Crippen LogP contribution is 2.01. The molecule has 1 rings (SSSR count). The zero-order chi connectivity index (χ0) is 6.85. The minimum absolute atomic E-state index is 0.118. The van der Waals surface area contributed by atoms with Gasteiger partial charge in [0.1, 0.15) is 0 Å². The van der Waals surface area contributed by atoms with Crippen LogP contribution in [0.5, 0.6) is 0 Å². The lowest BCUT2D eigenvalue weighted by atomic mass is 9.75. The Labute approximate surface area is 57.3 Å². The molecular formula is C4H3BClNO2. The van der Waals surface area contributed by atoms with Gasteiger partial charge < -0.3 is 5.32 Å². The van der Waals surface area contributed by atoms with Gasteiger partial charge in [0.2, 0.25) is 5.91 Å².